The lowest BCUT2D eigenvalue weighted by Gasteiger charge is -2.44. The molecule has 0 saturated carbocycles. The second kappa shape index (κ2) is 12.0. The predicted molar refractivity (Wildman–Crippen MR) is 235 cm³/mol. The van der Waals surface area contributed by atoms with Gasteiger partial charge in [0.2, 0.25) is 11.4 Å². The fourth-order valence-electron chi connectivity index (χ4n) is 12.0. The van der Waals surface area contributed by atoms with Gasteiger partial charge in [0, 0.05) is 29.3 Å². The van der Waals surface area contributed by atoms with E-state index >= 15 is 0 Å². The van der Waals surface area contributed by atoms with Crippen LogP contribution in [0, 0.1) is 17.8 Å². The summed E-state index contributed by atoms with van der Waals surface area (Å²) in [5.41, 5.74) is 18.3. The van der Waals surface area contributed by atoms with E-state index < -0.39 is 0 Å². The summed E-state index contributed by atoms with van der Waals surface area (Å²) in [7, 11) is 2.26. The third-order valence-electron chi connectivity index (χ3n) is 18.2. The smallest absolute Gasteiger partial charge is 0.200 e. The van der Waals surface area contributed by atoms with Crippen molar-refractivity contribution in [1.82, 2.24) is 0 Å². The number of aromatic nitrogens is 2. The fourth-order valence-corrected chi connectivity index (χ4v) is 12.0. The van der Waals surface area contributed by atoms with Crippen LogP contribution < -0.4 is 9.13 Å². The summed E-state index contributed by atoms with van der Waals surface area (Å²) in [6.07, 6.45) is 6.86. The first-order valence-corrected chi connectivity index (χ1v) is 21.5. The zero-order valence-corrected chi connectivity index (χ0v) is 37.5. The molecule has 2 nitrogen and oxygen atoms in total. The quantitative estimate of drug-likeness (QED) is 0.158. The van der Waals surface area contributed by atoms with E-state index in [0.717, 1.165) is 12.8 Å². The summed E-state index contributed by atoms with van der Waals surface area (Å²) in [5, 5.41) is 0. The van der Waals surface area contributed by atoms with Crippen LogP contribution in [-0.2, 0) is 34.1 Å². The van der Waals surface area contributed by atoms with Gasteiger partial charge in [0.15, 0.2) is 18.4 Å². The molecule has 2 aromatic heterocycles. The van der Waals surface area contributed by atoms with E-state index in [1.165, 1.54) is 72.6 Å². The van der Waals surface area contributed by atoms with Crippen molar-refractivity contribution in [1.29, 1.82) is 0 Å². The summed E-state index contributed by atoms with van der Waals surface area (Å²) < 4.78 is 5.10. The molecular weight excluding hydrogens is 677 g/mol. The van der Waals surface area contributed by atoms with Gasteiger partial charge < -0.3 is 0 Å². The van der Waals surface area contributed by atoms with Crippen molar-refractivity contribution in [2.45, 2.75) is 150 Å². The molecule has 0 bridgehead atoms. The number of fused-ring (bicyclic) bond motifs is 5. The highest BCUT2D eigenvalue weighted by atomic mass is 15.0. The van der Waals surface area contributed by atoms with Crippen LogP contribution in [-0.4, -0.2) is 0 Å². The summed E-state index contributed by atoms with van der Waals surface area (Å²) in [6, 6.07) is 31.0. The van der Waals surface area contributed by atoms with Crippen molar-refractivity contribution in [3.8, 4) is 33.6 Å². The average molecular weight is 745 g/mol. The minimum absolute atomic E-state index is 0.0146. The van der Waals surface area contributed by atoms with Gasteiger partial charge in [0.25, 0.3) is 0 Å². The number of hydrogen-bond acceptors (Lipinski definition) is 0. The molecule has 0 amide bonds. The summed E-state index contributed by atoms with van der Waals surface area (Å²) >= 11 is 0. The highest BCUT2D eigenvalue weighted by molar-refractivity contribution is 5.75. The summed E-state index contributed by atoms with van der Waals surface area (Å²) in [5.74, 6) is 0. The highest BCUT2D eigenvalue weighted by Crippen LogP contribution is 2.65. The Kier molecular flexibility index (Phi) is 8.32. The predicted octanol–water partition coefficient (Wildman–Crippen LogP) is 13.0. The molecule has 292 valence electrons. The molecule has 2 heteroatoms. The molecule has 1 aliphatic heterocycles. The lowest BCUT2D eigenvalue weighted by atomic mass is 9.59. The average Bonchev–Trinajstić information content (AvgIpc) is 3.33. The number of hydrogen-bond donors (Lipinski definition) is 0. The van der Waals surface area contributed by atoms with Gasteiger partial charge in [-0.2, -0.15) is 4.57 Å². The fraction of sp³-hybridized carbons (Fsp3) is 0.481. The van der Waals surface area contributed by atoms with Gasteiger partial charge in [-0.05, 0) is 115 Å². The summed E-state index contributed by atoms with van der Waals surface area (Å²) in [6.45, 7) is 37.2. The zero-order chi connectivity index (χ0) is 40.8. The third-order valence-corrected chi connectivity index (χ3v) is 18.2. The molecule has 1 atom stereocenters. The lowest BCUT2D eigenvalue weighted by molar-refractivity contribution is -0.715. The molecular formula is C54H68N2+2. The minimum Gasteiger partial charge on any atom is -0.200 e. The Hall–Kier alpha value is -4.04. The van der Waals surface area contributed by atoms with Gasteiger partial charge in [-0.15, -0.1) is 0 Å². The van der Waals surface area contributed by atoms with Crippen LogP contribution in [0.5, 0.6) is 0 Å². The van der Waals surface area contributed by atoms with Crippen molar-refractivity contribution < 1.29 is 9.13 Å². The Morgan fingerprint density at radius 1 is 0.518 bits per heavy atom. The Balaban J connectivity index is 1.49. The molecule has 3 aliphatic rings. The molecule has 0 fully saturated rings. The molecule has 0 radical (unpaired) electrons. The van der Waals surface area contributed by atoms with Gasteiger partial charge in [-0.1, -0.05) is 133 Å². The van der Waals surface area contributed by atoms with Crippen molar-refractivity contribution in [3.63, 3.8) is 0 Å². The molecule has 0 spiro atoms. The molecule has 0 saturated heterocycles. The molecule has 56 heavy (non-hydrogen) atoms. The van der Waals surface area contributed by atoms with Gasteiger partial charge in [0.05, 0.1) is 16.5 Å². The second-order valence-electron chi connectivity index (χ2n) is 21.2. The van der Waals surface area contributed by atoms with E-state index in [2.05, 4.69) is 211 Å². The van der Waals surface area contributed by atoms with Crippen LogP contribution in [0.15, 0.2) is 91.3 Å². The van der Waals surface area contributed by atoms with E-state index in [9.17, 15) is 0 Å². The first-order chi connectivity index (χ1) is 26.0. The first kappa shape index (κ1) is 38.8. The number of pyridine rings is 2. The van der Waals surface area contributed by atoms with Crippen LogP contribution in [0.2, 0.25) is 0 Å². The Morgan fingerprint density at radius 2 is 1.02 bits per heavy atom. The SMILES string of the molecule is CCC1(CC)c2cc3c(cc2-c2cccc[n+]2C1c1cc2c(cc1-c1cc(C)c(-c4ccccc4)c[n+]1C)C(C)(C)C(C)(C)C2(C)C)C(C)(C)C(C)(C)C3(C)C. The maximum absolute atomic E-state index is 2.71. The Bertz CT molecular complexity index is 2410. The van der Waals surface area contributed by atoms with Crippen LogP contribution >= 0.6 is 0 Å². The van der Waals surface area contributed by atoms with Crippen LogP contribution in [0.25, 0.3) is 33.6 Å². The second-order valence-corrected chi connectivity index (χ2v) is 21.2. The monoisotopic (exact) mass is 745 g/mol. The van der Waals surface area contributed by atoms with Gasteiger partial charge in [-0.3, -0.25) is 0 Å². The number of rotatable bonds is 5. The number of nitrogens with zero attached hydrogens (tertiary/aromatic N) is 2. The maximum Gasteiger partial charge on any atom is 0.213 e. The molecule has 3 heterocycles. The van der Waals surface area contributed by atoms with Crippen molar-refractivity contribution in [3.05, 3.63) is 130 Å². The van der Waals surface area contributed by atoms with E-state index in [-0.39, 0.29) is 43.9 Å². The van der Waals surface area contributed by atoms with Crippen molar-refractivity contribution in [2.75, 3.05) is 0 Å². The van der Waals surface area contributed by atoms with Crippen LogP contribution in [0.1, 0.15) is 155 Å². The molecule has 2 aliphatic carbocycles. The molecule has 3 aromatic carbocycles. The Morgan fingerprint density at radius 3 is 1.57 bits per heavy atom. The first-order valence-electron chi connectivity index (χ1n) is 21.5. The van der Waals surface area contributed by atoms with E-state index in [0.29, 0.717) is 0 Å². The topological polar surface area (TPSA) is 7.76 Å². The van der Waals surface area contributed by atoms with E-state index in [1.54, 1.807) is 0 Å². The molecule has 8 rings (SSSR count). The normalized spacial score (nSPS) is 22.2. The van der Waals surface area contributed by atoms with Crippen LogP contribution in [0.3, 0.4) is 0 Å². The van der Waals surface area contributed by atoms with Gasteiger partial charge in [-0.25, -0.2) is 4.57 Å². The van der Waals surface area contributed by atoms with Gasteiger partial charge in [0.1, 0.15) is 7.05 Å². The summed E-state index contributed by atoms with van der Waals surface area (Å²) in [4.78, 5) is 0. The van der Waals surface area contributed by atoms with E-state index in [1.807, 2.05) is 0 Å². The molecule has 5 aromatic rings. The largest absolute Gasteiger partial charge is 0.213 e. The highest BCUT2D eigenvalue weighted by Gasteiger charge is 2.61. The van der Waals surface area contributed by atoms with Crippen molar-refractivity contribution in [2.24, 2.45) is 17.9 Å². The minimum atomic E-state index is -0.134. The van der Waals surface area contributed by atoms with Crippen molar-refractivity contribution >= 4 is 0 Å². The maximum atomic E-state index is 2.71. The standard InChI is InChI=1S/C54H68N2/c1-17-54(18-2)40-32-44-43(50(8,9)53(14,15)51(44,10)11)31-38(40)45-26-22-23-27-56(45)47(54)37-30-42-41(48(4,5)52(12,13)49(42,6)7)29-36(37)46-28-34(3)39(33-55(46)16)35-24-20-19-21-25-35/h19-33,47H,17-18H2,1-16H3/q+2. The Labute approximate surface area is 339 Å². The van der Waals surface area contributed by atoms with Gasteiger partial charge >= 0.3 is 0 Å². The van der Waals surface area contributed by atoms with Crippen LogP contribution in [0.4, 0.5) is 0 Å². The third kappa shape index (κ3) is 4.62. The lowest BCUT2D eigenvalue weighted by Crippen LogP contribution is -2.56. The van der Waals surface area contributed by atoms with E-state index in [4.69, 9.17) is 0 Å². The molecule has 0 N–H and O–H groups in total. The zero-order valence-electron chi connectivity index (χ0n) is 37.5. The molecule has 1 unspecified atom stereocenters. The number of aryl methyl sites for hydroxylation is 2. The number of benzene rings is 3.